The molecule has 4 rings (SSSR count). The van der Waals surface area contributed by atoms with Crippen LogP contribution in [0.2, 0.25) is 0 Å². The maximum Gasteiger partial charge on any atom is 0.335 e. The molecule has 1 aliphatic heterocycles. The summed E-state index contributed by atoms with van der Waals surface area (Å²) in [6.07, 6.45) is 2.02. The molecule has 1 aliphatic rings. The van der Waals surface area contributed by atoms with Crippen molar-refractivity contribution in [1.29, 1.82) is 5.41 Å². The first-order chi connectivity index (χ1) is 13.5. The number of carboxylic acids is 1. The highest BCUT2D eigenvalue weighted by Gasteiger charge is 2.26. The summed E-state index contributed by atoms with van der Waals surface area (Å²) in [7, 11) is 0. The maximum atomic E-state index is 11.1. The Morgan fingerprint density at radius 1 is 1.00 bits per heavy atom. The number of nitrogens with one attached hydrogen (secondary N) is 1. The smallest absolute Gasteiger partial charge is 0.335 e. The fourth-order valence-electron chi connectivity index (χ4n) is 3.32. The van der Waals surface area contributed by atoms with Gasteiger partial charge in [-0.2, -0.15) is 0 Å². The molecule has 0 aromatic heterocycles. The number of halogens is 2. The number of nitrogens with zero attached hydrogens (tertiary/aromatic N) is 1. The van der Waals surface area contributed by atoms with Crippen LogP contribution >= 0.6 is 15.9 Å². The van der Waals surface area contributed by atoms with Crippen molar-refractivity contribution in [2.75, 3.05) is 4.90 Å². The zero-order chi connectivity index (χ0) is 19.7. The van der Waals surface area contributed by atoms with Crippen LogP contribution in [0.5, 0.6) is 0 Å². The van der Waals surface area contributed by atoms with Gasteiger partial charge in [0.1, 0.15) is 5.84 Å². The summed E-state index contributed by atoms with van der Waals surface area (Å²) in [5.41, 5.74) is 5.06. The summed E-state index contributed by atoms with van der Waals surface area (Å²) in [5.74, 6) is -0.564. The third-order valence-corrected chi connectivity index (χ3v) is 5.30. The van der Waals surface area contributed by atoms with E-state index in [1.54, 1.807) is 24.3 Å². The van der Waals surface area contributed by atoms with Crippen LogP contribution in [0.25, 0.3) is 11.6 Å². The van der Waals surface area contributed by atoms with Crippen molar-refractivity contribution < 1.29 is 26.9 Å². The summed E-state index contributed by atoms with van der Waals surface area (Å²) in [4.78, 5) is 13.0. The van der Waals surface area contributed by atoms with E-state index in [-0.39, 0.29) is 22.5 Å². The Kier molecular flexibility index (Phi) is 6.35. The summed E-state index contributed by atoms with van der Waals surface area (Å²) in [5, 5.41) is 18.0. The van der Waals surface area contributed by atoms with Gasteiger partial charge in [-0.1, -0.05) is 52.3 Å². The molecule has 4 nitrogen and oxygen atoms in total. The molecule has 29 heavy (non-hydrogen) atoms. The first-order valence-electron chi connectivity index (χ1n) is 8.78. The molecule has 0 unspecified atom stereocenters. The number of amidine groups is 1. The van der Waals surface area contributed by atoms with Gasteiger partial charge in [0.05, 0.1) is 12.1 Å². The second kappa shape index (κ2) is 8.76. The molecule has 146 valence electrons. The van der Waals surface area contributed by atoms with Crippen LogP contribution in [-0.2, 0) is 6.54 Å². The van der Waals surface area contributed by atoms with Gasteiger partial charge < -0.3 is 27.0 Å². The molecule has 6 heteroatoms. The number of benzene rings is 3. The number of rotatable bonds is 3. The van der Waals surface area contributed by atoms with E-state index in [1.165, 1.54) is 0 Å². The zero-order valence-corrected chi connectivity index (χ0v) is 18.4. The Morgan fingerprint density at radius 2 is 1.66 bits per heavy atom. The Balaban J connectivity index is 0.00000240. The Morgan fingerprint density at radius 3 is 2.31 bits per heavy atom. The summed E-state index contributed by atoms with van der Waals surface area (Å²) >= 11 is 3.45. The molecule has 0 aliphatic carbocycles. The molecule has 0 saturated heterocycles. The van der Waals surface area contributed by atoms with Crippen LogP contribution in [0.1, 0.15) is 27.0 Å². The molecule has 1 heterocycles. The molecule has 0 amide bonds. The third-order valence-electron chi connectivity index (χ3n) is 4.77. The van der Waals surface area contributed by atoms with Crippen molar-refractivity contribution in [3.63, 3.8) is 0 Å². The van der Waals surface area contributed by atoms with E-state index in [0.29, 0.717) is 12.4 Å². The Hall–Kier alpha value is -2.70. The Labute approximate surface area is 187 Å². The highest BCUT2D eigenvalue weighted by atomic mass is 79.9. The third kappa shape index (κ3) is 4.33. The van der Waals surface area contributed by atoms with Crippen LogP contribution in [-0.4, -0.2) is 16.9 Å². The Bertz CT molecular complexity index is 1090. The van der Waals surface area contributed by atoms with E-state index in [2.05, 4.69) is 22.0 Å². The van der Waals surface area contributed by atoms with Gasteiger partial charge in [-0.25, -0.2) is 4.79 Å². The zero-order valence-electron chi connectivity index (χ0n) is 15.3. The lowest BCUT2D eigenvalue weighted by Gasteiger charge is -2.33. The van der Waals surface area contributed by atoms with Gasteiger partial charge in [0.25, 0.3) is 0 Å². The van der Waals surface area contributed by atoms with Gasteiger partial charge in [-0.15, -0.1) is 0 Å². The monoisotopic (exact) mass is 511 g/mol. The van der Waals surface area contributed by atoms with E-state index in [1.807, 2.05) is 53.4 Å². The molecule has 2 N–H and O–H groups in total. The van der Waals surface area contributed by atoms with Gasteiger partial charge in [0.15, 0.2) is 0 Å². The van der Waals surface area contributed by atoms with E-state index in [9.17, 15) is 4.79 Å². The van der Waals surface area contributed by atoms with Crippen LogP contribution in [0, 0.1) is 5.41 Å². The number of fused-ring (bicyclic) bond motifs is 1. The predicted octanol–water partition coefficient (Wildman–Crippen LogP) is 2.69. The minimum absolute atomic E-state index is 0. The average molecular weight is 513 g/mol. The fourth-order valence-corrected chi connectivity index (χ4v) is 3.58. The predicted molar refractivity (Wildman–Crippen MR) is 116 cm³/mol. The molecule has 3 aromatic carbocycles. The molecule has 0 atom stereocenters. The first kappa shape index (κ1) is 21.0. The van der Waals surface area contributed by atoms with Gasteiger partial charge in [-0.3, -0.25) is 5.41 Å². The standard InChI is InChI=1S/C23H17BrN2O2.BrH/c24-18-9-5-15(6-10-18)13-21-20-4-2-1-3-17(20)14-26(22(21)25)19-11-7-16(8-12-19)23(27)28;/h1-13,25H,14H2,(H,27,28);1H/p-1/b21-13+,25-22?;. The number of hydrogen-bond acceptors (Lipinski definition) is 2. The van der Waals surface area contributed by atoms with Crippen molar-refractivity contribution >= 4 is 45.1 Å². The number of carbonyl (C=O) groups is 1. The van der Waals surface area contributed by atoms with Gasteiger partial charge in [0.2, 0.25) is 0 Å². The summed E-state index contributed by atoms with van der Waals surface area (Å²) in [6.45, 7) is 0.569. The average Bonchev–Trinajstić information content (AvgIpc) is 2.71. The van der Waals surface area contributed by atoms with Crippen LogP contribution in [0.15, 0.2) is 77.3 Å². The van der Waals surface area contributed by atoms with Crippen LogP contribution in [0.4, 0.5) is 5.69 Å². The van der Waals surface area contributed by atoms with Crippen LogP contribution < -0.4 is 21.9 Å². The normalized spacial score (nSPS) is 14.3. The minimum atomic E-state index is -0.957. The number of anilines is 1. The van der Waals surface area contributed by atoms with Crippen LogP contribution in [0.3, 0.4) is 0 Å². The molecule has 0 spiro atoms. The second-order valence-corrected chi connectivity index (χ2v) is 7.47. The molecule has 0 fully saturated rings. The van der Waals surface area contributed by atoms with Crippen molar-refractivity contribution in [3.8, 4) is 0 Å². The molecular weight excluding hydrogens is 496 g/mol. The number of aromatic carboxylic acids is 1. The quantitative estimate of drug-likeness (QED) is 0.567. The van der Waals surface area contributed by atoms with E-state index >= 15 is 0 Å². The van der Waals surface area contributed by atoms with Crippen molar-refractivity contribution in [2.24, 2.45) is 0 Å². The van der Waals surface area contributed by atoms with Gasteiger partial charge in [-0.05, 0) is 59.2 Å². The van der Waals surface area contributed by atoms with E-state index in [0.717, 1.165) is 32.4 Å². The SMILES string of the molecule is N=C1/C(=C/c2ccc(Br)cc2)c2ccccc2CN1c1ccc(C(=O)O)cc1.[Br-]. The number of carboxylic acid groups (broad SMARTS) is 1. The molecule has 0 bridgehead atoms. The van der Waals surface area contributed by atoms with Gasteiger partial charge >= 0.3 is 5.97 Å². The summed E-state index contributed by atoms with van der Waals surface area (Å²) in [6, 6.07) is 22.7. The molecular formula is C23H17Br2N2O2-. The molecule has 0 radical (unpaired) electrons. The largest absolute Gasteiger partial charge is 1.00 e. The topological polar surface area (TPSA) is 64.4 Å². The van der Waals surface area contributed by atoms with E-state index < -0.39 is 5.97 Å². The number of hydrogen-bond donors (Lipinski definition) is 2. The highest BCUT2D eigenvalue weighted by molar-refractivity contribution is 9.10. The van der Waals surface area contributed by atoms with Crippen molar-refractivity contribution in [3.05, 3.63) is 99.5 Å². The van der Waals surface area contributed by atoms with Crippen molar-refractivity contribution in [2.45, 2.75) is 6.54 Å². The highest BCUT2D eigenvalue weighted by Crippen LogP contribution is 2.33. The fraction of sp³-hybridized carbons (Fsp3) is 0.0435. The lowest BCUT2D eigenvalue weighted by molar-refractivity contribution is -0.0000210. The second-order valence-electron chi connectivity index (χ2n) is 6.55. The molecule has 0 saturated carbocycles. The first-order valence-corrected chi connectivity index (χ1v) is 9.57. The summed E-state index contributed by atoms with van der Waals surface area (Å²) < 4.78 is 1.01. The maximum absolute atomic E-state index is 11.1. The minimum Gasteiger partial charge on any atom is -1.00 e. The van der Waals surface area contributed by atoms with Gasteiger partial charge in [0, 0.05) is 15.7 Å². The molecule has 3 aromatic rings. The van der Waals surface area contributed by atoms with E-state index in [4.69, 9.17) is 10.5 Å². The van der Waals surface area contributed by atoms with Crippen molar-refractivity contribution in [1.82, 2.24) is 0 Å². The lowest BCUT2D eigenvalue weighted by atomic mass is 9.92. The lowest BCUT2D eigenvalue weighted by Crippen LogP contribution is -3.00.